The van der Waals surface area contributed by atoms with Crippen molar-refractivity contribution in [3.05, 3.63) is 33.9 Å². The predicted octanol–water partition coefficient (Wildman–Crippen LogP) is 2.54. The Balaban J connectivity index is 3.29. The van der Waals surface area contributed by atoms with E-state index in [-0.39, 0.29) is 5.92 Å². The molecule has 0 saturated heterocycles. The van der Waals surface area contributed by atoms with Crippen LogP contribution in [0, 0.1) is 16.0 Å². The Morgan fingerprint density at radius 3 is 2.33 bits per heavy atom. The topological polar surface area (TPSA) is 98.3 Å². The Hall–Kier alpha value is -2.32. The number of benzene rings is 1. The van der Waals surface area contributed by atoms with Crippen LogP contribution in [0.1, 0.15) is 19.4 Å². The molecule has 1 atom stereocenters. The largest absolute Gasteiger partial charge is 0.418 e. The Bertz CT molecular complexity index is 558. The lowest BCUT2D eigenvalue weighted by Crippen LogP contribution is -2.40. The summed E-state index contributed by atoms with van der Waals surface area (Å²) in [6.45, 7) is 3.22. The van der Waals surface area contributed by atoms with Crippen LogP contribution in [0.4, 0.5) is 24.5 Å². The summed E-state index contributed by atoms with van der Waals surface area (Å²) < 4.78 is 38.9. The van der Waals surface area contributed by atoms with Crippen LogP contribution in [0.25, 0.3) is 0 Å². The van der Waals surface area contributed by atoms with E-state index in [0.29, 0.717) is 6.07 Å². The molecule has 116 valence electrons. The molecule has 3 N–H and O–H groups in total. The van der Waals surface area contributed by atoms with Gasteiger partial charge < -0.3 is 11.1 Å². The highest BCUT2D eigenvalue weighted by Crippen LogP contribution is 2.37. The van der Waals surface area contributed by atoms with Crippen LogP contribution in [0.5, 0.6) is 0 Å². The minimum absolute atomic E-state index is 0.348. The number of carbonyl (C=O) groups is 1. The maximum absolute atomic E-state index is 13.0. The van der Waals surface area contributed by atoms with E-state index in [1.807, 2.05) is 0 Å². The van der Waals surface area contributed by atoms with E-state index in [4.69, 9.17) is 5.73 Å². The van der Waals surface area contributed by atoms with Gasteiger partial charge >= 0.3 is 6.18 Å². The van der Waals surface area contributed by atoms with Crippen molar-refractivity contribution < 1.29 is 22.9 Å². The van der Waals surface area contributed by atoms with Gasteiger partial charge in [0.1, 0.15) is 6.04 Å². The van der Waals surface area contributed by atoms with Gasteiger partial charge in [0.15, 0.2) is 0 Å². The van der Waals surface area contributed by atoms with Crippen LogP contribution in [-0.2, 0) is 11.0 Å². The summed E-state index contributed by atoms with van der Waals surface area (Å²) >= 11 is 0. The van der Waals surface area contributed by atoms with Gasteiger partial charge in [-0.1, -0.05) is 13.8 Å². The summed E-state index contributed by atoms with van der Waals surface area (Å²) in [7, 11) is 0. The second-order valence-electron chi connectivity index (χ2n) is 4.75. The molecule has 0 aliphatic rings. The summed E-state index contributed by atoms with van der Waals surface area (Å²) in [6.07, 6.45) is -4.80. The SMILES string of the molecule is CC(C)C(Nc1ccc([N+](=O)[O-])cc1C(F)(F)F)C(N)=O. The first kappa shape index (κ1) is 16.7. The number of nitrogens with zero attached hydrogens (tertiary/aromatic N) is 1. The highest BCUT2D eigenvalue weighted by Gasteiger charge is 2.36. The molecule has 0 saturated carbocycles. The van der Waals surface area contributed by atoms with E-state index in [1.54, 1.807) is 13.8 Å². The van der Waals surface area contributed by atoms with Crippen molar-refractivity contribution in [1.29, 1.82) is 0 Å². The number of carbonyl (C=O) groups excluding carboxylic acids is 1. The molecule has 6 nitrogen and oxygen atoms in total. The van der Waals surface area contributed by atoms with Crippen molar-refractivity contribution in [1.82, 2.24) is 0 Å². The van der Waals surface area contributed by atoms with Crippen LogP contribution in [0.2, 0.25) is 0 Å². The first-order valence-corrected chi connectivity index (χ1v) is 5.95. The second-order valence-corrected chi connectivity index (χ2v) is 4.75. The predicted molar refractivity (Wildman–Crippen MR) is 69.5 cm³/mol. The Morgan fingerprint density at radius 2 is 1.95 bits per heavy atom. The first-order valence-electron chi connectivity index (χ1n) is 5.95. The van der Waals surface area contributed by atoms with Gasteiger partial charge in [0.2, 0.25) is 5.91 Å². The van der Waals surface area contributed by atoms with Crippen molar-refractivity contribution in [3.8, 4) is 0 Å². The smallest absolute Gasteiger partial charge is 0.373 e. The Labute approximate surface area is 118 Å². The zero-order chi connectivity index (χ0) is 16.4. The molecule has 0 fully saturated rings. The number of rotatable bonds is 5. The number of hydrogen-bond donors (Lipinski definition) is 2. The molecule has 0 bridgehead atoms. The average molecular weight is 305 g/mol. The van der Waals surface area contributed by atoms with E-state index in [1.165, 1.54) is 0 Å². The number of nitro groups is 1. The van der Waals surface area contributed by atoms with Crippen molar-refractivity contribution >= 4 is 17.3 Å². The van der Waals surface area contributed by atoms with Gasteiger partial charge in [0.05, 0.1) is 10.5 Å². The first-order chi connectivity index (χ1) is 9.54. The minimum Gasteiger partial charge on any atom is -0.373 e. The standard InChI is InChI=1S/C12H14F3N3O3/c1-6(2)10(11(16)19)17-9-4-3-7(18(20)21)5-8(9)12(13,14)15/h3-6,10,17H,1-2H3,(H2,16,19). The van der Waals surface area contributed by atoms with E-state index in [9.17, 15) is 28.1 Å². The summed E-state index contributed by atoms with van der Waals surface area (Å²) in [4.78, 5) is 20.9. The highest BCUT2D eigenvalue weighted by atomic mass is 19.4. The quantitative estimate of drug-likeness (QED) is 0.645. The molecule has 1 aromatic carbocycles. The fourth-order valence-electron chi connectivity index (χ4n) is 1.74. The molecule has 1 amide bonds. The van der Waals surface area contributed by atoms with E-state index < -0.39 is 40.0 Å². The van der Waals surface area contributed by atoms with Crippen LogP contribution < -0.4 is 11.1 Å². The third kappa shape index (κ3) is 4.07. The van der Waals surface area contributed by atoms with Gasteiger partial charge in [-0.3, -0.25) is 14.9 Å². The van der Waals surface area contributed by atoms with Gasteiger partial charge in [-0.2, -0.15) is 13.2 Å². The molecule has 1 unspecified atom stereocenters. The number of anilines is 1. The molecule has 9 heteroatoms. The fourth-order valence-corrected chi connectivity index (χ4v) is 1.74. The molecular weight excluding hydrogens is 291 g/mol. The zero-order valence-electron chi connectivity index (χ0n) is 11.3. The lowest BCUT2D eigenvalue weighted by Gasteiger charge is -2.22. The zero-order valence-corrected chi connectivity index (χ0v) is 11.3. The molecular formula is C12H14F3N3O3. The average Bonchev–Trinajstić information content (AvgIpc) is 2.33. The van der Waals surface area contributed by atoms with Gasteiger partial charge in [-0.05, 0) is 12.0 Å². The number of alkyl halides is 3. The van der Waals surface area contributed by atoms with Crippen LogP contribution >= 0.6 is 0 Å². The summed E-state index contributed by atoms with van der Waals surface area (Å²) in [5.74, 6) is -1.16. The van der Waals surface area contributed by atoms with Crippen LogP contribution in [0.3, 0.4) is 0 Å². The number of nitrogens with one attached hydrogen (secondary N) is 1. The lowest BCUT2D eigenvalue weighted by molar-refractivity contribution is -0.385. The fraction of sp³-hybridized carbons (Fsp3) is 0.417. The summed E-state index contributed by atoms with van der Waals surface area (Å²) in [6, 6.07) is 1.24. The monoisotopic (exact) mass is 305 g/mol. The number of nitro benzene ring substituents is 1. The van der Waals surface area contributed by atoms with Gasteiger partial charge in [-0.25, -0.2) is 0 Å². The van der Waals surface area contributed by atoms with Crippen molar-refractivity contribution in [2.45, 2.75) is 26.1 Å². The molecule has 0 aromatic heterocycles. The van der Waals surface area contributed by atoms with E-state index in [2.05, 4.69) is 5.32 Å². The summed E-state index contributed by atoms with van der Waals surface area (Å²) in [5, 5.41) is 13.0. The third-order valence-electron chi connectivity index (χ3n) is 2.80. The highest BCUT2D eigenvalue weighted by molar-refractivity contribution is 5.83. The molecule has 0 heterocycles. The molecule has 1 aromatic rings. The number of primary amides is 1. The molecule has 1 rings (SSSR count). The molecule has 21 heavy (non-hydrogen) atoms. The number of halogens is 3. The van der Waals surface area contributed by atoms with Crippen molar-refractivity contribution in [2.75, 3.05) is 5.32 Å². The number of non-ortho nitro benzene ring substituents is 1. The molecule has 0 radical (unpaired) electrons. The van der Waals surface area contributed by atoms with Crippen LogP contribution in [0.15, 0.2) is 18.2 Å². The van der Waals surface area contributed by atoms with E-state index >= 15 is 0 Å². The molecule has 0 spiro atoms. The van der Waals surface area contributed by atoms with Crippen LogP contribution in [-0.4, -0.2) is 16.9 Å². The number of nitrogens with two attached hydrogens (primary N) is 1. The Morgan fingerprint density at radius 1 is 1.38 bits per heavy atom. The number of amides is 1. The second kappa shape index (κ2) is 5.98. The maximum atomic E-state index is 13.0. The Kier molecular flexibility index (Phi) is 4.77. The van der Waals surface area contributed by atoms with E-state index in [0.717, 1.165) is 12.1 Å². The lowest BCUT2D eigenvalue weighted by atomic mass is 10.0. The van der Waals surface area contributed by atoms with Gasteiger partial charge in [0, 0.05) is 17.8 Å². The maximum Gasteiger partial charge on any atom is 0.418 e. The third-order valence-corrected chi connectivity index (χ3v) is 2.80. The van der Waals surface area contributed by atoms with Crippen molar-refractivity contribution in [3.63, 3.8) is 0 Å². The van der Waals surface area contributed by atoms with Gasteiger partial charge in [0.25, 0.3) is 5.69 Å². The summed E-state index contributed by atoms with van der Waals surface area (Å²) in [5.41, 5.74) is 2.80. The molecule has 0 aliphatic carbocycles. The van der Waals surface area contributed by atoms with Crippen molar-refractivity contribution in [2.24, 2.45) is 11.7 Å². The van der Waals surface area contributed by atoms with Gasteiger partial charge in [-0.15, -0.1) is 0 Å². The normalized spacial score (nSPS) is 13.0. The number of hydrogen-bond acceptors (Lipinski definition) is 4. The minimum atomic E-state index is -4.80. The molecule has 0 aliphatic heterocycles.